The molecule has 1 aromatic rings. The van der Waals surface area contributed by atoms with Gasteiger partial charge in [-0.3, -0.25) is 10.1 Å². The Hall–Kier alpha value is -0.590. The molecule has 19 heavy (non-hydrogen) atoms. The van der Waals surface area contributed by atoms with Crippen molar-refractivity contribution in [2.24, 2.45) is 5.92 Å². The average molecular weight is 395 g/mol. The van der Waals surface area contributed by atoms with E-state index in [2.05, 4.69) is 37.2 Å². The number of methoxy groups -OCH3 is 1. The van der Waals surface area contributed by atoms with Crippen molar-refractivity contribution in [3.63, 3.8) is 0 Å². The minimum absolute atomic E-state index is 0.0130. The van der Waals surface area contributed by atoms with Crippen LogP contribution >= 0.6 is 31.9 Å². The van der Waals surface area contributed by atoms with E-state index < -0.39 is 12.0 Å². The molecule has 0 fully saturated rings. The van der Waals surface area contributed by atoms with Gasteiger partial charge >= 0.3 is 5.97 Å². The zero-order valence-electron chi connectivity index (χ0n) is 11.0. The predicted molar refractivity (Wildman–Crippen MR) is 81.5 cm³/mol. The third-order valence-electron chi connectivity index (χ3n) is 2.73. The summed E-state index contributed by atoms with van der Waals surface area (Å²) in [5, 5.41) is 12.2. The van der Waals surface area contributed by atoms with Crippen molar-refractivity contribution >= 4 is 37.8 Å². The van der Waals surface area contributed by atoms with Crippen LogP contribution in [0.2, 0.25) is 0 Å². The van der Waals surface area contributed by atoms with Crippen molar-refractivity contribution < 1.29 is 14.6 Å². The monoisotopic (exact) mass is 393 g/mol. The van der Waals surface area contributed by atoms with Crippen LogP contribution in [0.25, 0.3) is 0 Å². The summed E-state index contributed by atoms with van der Waals surface area (Å²) >= 11 is 6.84. The van der Waals surface area contributed by atoms with E-state index in [-0.39, 0.29) is 5.92 Å². The van der Waals surface area contributed by atoms with Gasteiger partial charge in [-0.1, -0.05) is 29.8 Å². The molecular formula is C13H17Br2NO3. The number of rotatable bonds is 6. The minimum Gasteiger partial charge on any atom is -0.495 e. The quantitative estimate of drug-likeness (QED) is 0.776. The van der Waals surface area contributed by atoms with E-state index in [1.54, 1.807) is 7.11 Å². The number of carboxylic acids is 1. The third-order valence-corrected chi connectivity index (χ3v) is 3.78. The van der Waals surface area contributed by atoms with Crippen molar-refractivity contribution in [3.05, 3.63) is 26.6 Å². The van der Waals surface area contributed by atoms with E-state index in [4.69, 9.17) is 9.84 Å². The van der Waals surface area contributed by atoms with E-state index >= 15 is 0 Å². The molecule has 6 heteroatoms. The van der Waals surface area contributed by atoms with E-state index in [1.807, 2.05) is 26.0 Å². The summed E-state index contributed by atoms with van der Waals surface area (Å²) in [7, 11) is 1.59. The molecular weight excluding hydrogens is 378 g/mol. The maximum Gasteiger partial charge on any atom is 0.320 e. The first-order valence-electron chi connectivity index (χ1n) is 5.85. The van der Waals surface area contributed by atoms with E-state index in [0.29, 0.717) is 12.3 Å². The first-order valence-corrected chi connectivity index (χ1v) is 7.43. The normalized spacial score (nSPS) is 12.5. The molecule has 0 aromatic heterocycles. The molecule has 0 unspecified atom stereocenters. The zero-order chi connectivity index (χ0) is 14.6. The number of carbonyl (C=O) groups is 1. The number of hydrogen-bond acceptors (Lipinski definition) is 3. The predicted octanol–water partition coefficient (Wildman–Crippen LogP) is 3.42. The molecule has 0 aliphatic heterocycles. The van der Waals surface area contributed by atoms with Crippen LogP contribution in [-0.2, 0) is 11.3 Å². The molecule has 1 aromatic carbocycles. The maximum absolute atomic E-state index is 11.1. The second-order valence-electron chi connectivity index (χ2n) is 4.52. The molecule has 0 bridgehead atoms. The van der Waals surface area contributed by atoms with Crippen LogP contribution in [0.4, 0.5) is 0 Å². The topological polar surface area (TPSA) is 58.6 Å². The SMILES string of the molecule is COc1c(Br)cc(Br)cc1CN[C@@H](C(=O)O)C(C)C. The molecule has 4 nitrogen and oxygen atoms in total. The molecule has 1 atom stereocenters. The van der Waals surface area contributed by atoms with Crippen molar-refractivity contribution in [2.75, 3.05) is 7.11 Å². The number of aliphatic carboxylic acids is 1. The van der Waals surface area contributed by atoms with Crippen LogP contribution in [-0.4, -0.2) is 24.2 Å². The molecule has 1 rings (SSSR count). The van der Waals surface area contributed by atoms with Gasteiger partial charge in [0.15, 0.2) is 0 Å². The highest BCUT2D eigenvalue weighted by atomic mass is 79.9. The number of ether oxygens (including phenoxy) is 1. The lowest BCUT2D eigenvalue weighted by Crippen LogP contribution is -2.40. The number of benzene rings is 1. The van der Waals surface area contributed by atoms with Gasteiger partial charge in [-0.2, -0.15) is 0 Å². The van der Waals surface area contributed by atoms with Crippen molar-refractivity contribution in [1.29, 1.82) is 0 Å². The number of carboxylic acid groups (broad SMARTS) is 1. The molecule has 2 N–H and O–H groups in total. The molecule has 0 saturated heterocycles. The summed E-state index contributed by atoms with van der Waals surface area (Å²) in [5.74, 6) is -0.120. The van der Waals surface area contributed by atoms with Crippen molar-refractivity contribution in [3.8, 4) is 5.75 Å². The summed E-state index contributed by atoms with van der Waals surface area (Å²) in [6.07, 6.45) is 0. The fourth-order valence-corrected chi connectivity index (χ4v) is 3.28. The van der Waals surface area contributed by atoms with Crippen LogP contribution in [0.15, 0.2) is 21.1 Å². The number of hydrogen-bond donors (Lipinski definition) is 2. The second-order valence-corrected chi connectivity index (χ2v) is 6.29. The maximum atomic E-state index is 11.1. The Bertz CT molecular complexity index is 463. The highest BCUT2D eigenvalue weighted by molar-refractivity contribution is 9.11. The second kappa shape index (κ2) is 7.26. The fourth-order valence-electron chi connectivity index (χ4n) is 1.80. The lowest BCUT2D eigenvalue weighted by molar-refractivity contribution is -0.140. The van der Waals surface area contributed by atoms with Gasteiger partial charge in [-0.15, -0.1) is 0 Å². The smallest absolute Gasteiger partial charge is 0.320 e. The largest absolute Gasteiger partial charge is 0.495 e. The third kappa shape index (κ3) is 4.47. The van der Waals surface area contributed by atoms with Gasteiger partial charge in [0.25, 0.3) is 0 Å². The van der Waals surface area contributed by atoms with Gasteiger partial charge < -0.3 is 9.84 Å². The number of halogens is 2. The van der Waals surface area contributed by atoms with Gasteiger partial charge in [0.1, 0.15) is 11.8 Å². The first-order chi connectivity index (χ1) is 8.86. The van der Waals surface area contributed by atoms with Gasteiger partial charge in [0, 0.05) is 16.6 Å². The van der Waals surface area contributed by atoms with Gasteiger partial charge in [-0.05, 0) is 34.0 Å². The lowest BCUT2D eigenvalue weighted by Gasteiger charge is -2.19. The van der Waals surface area contributed by atoms with Crippen LogP contribution in [0, 0.1) is 5.92 Å². The summed E-state index contributed by atoms with van der Waals surface area (Å²) in [5.41, 5.74) is 0.899. The van der Waals surface area contributed by atoms with Gasteiger partial charge in [-0.25, -0.2) is 0 Å². The molecule has 0 heterocycles. The molecule has 0 radical (unpaired) electrons. The molecule has 0 aliphatic carbocycles. The fraction of sp³-hybridized carbons (Fsp3) is 0.462. The van der Waals surface area contributed by atoms with Crippen LogP contribution in [0.3, 0.4) is 0 Å². The summed E-state index contributed by atoms with van der Waals surface area (Å²) in [6.45, 7) is 4.18. The van der Waals surface area contributed by atoms with Gasteiger partial charge in [0.05, 0.1) is 11.6 Å². The summed E-state index contributed by atoms with van der Waals surface area (Å²) in [6, 6.07) is 3.22. The van der Waals surface area contributed by atoms with Crippen molar-refractivity contribution in [2.45, 2.75) is 26.4 Å². The highest BCUT2D eigenvalue weighted by Gasteiger charge is 2.21. The Morgan fingerprint density at radius 1 is 1.42 bits per heavy atom. The zero-order valence-corrected chi connectivity index (χ0v) is 14.2. The first kappa shape index (κ1) is 16.5. The van der Waals surface area contributed by atoms with E-state index in [1.165, 1.54) is 0 Å². The lowest BCUT2D eigenvalue weighted by atomic mass is 10.0. The van der Waals surface area contributed by atoms with E-state index in [9.17, 15) is 4.79 Å². The Morgan fingerprint density at radius 2 is 2.05 bits per heavy atom. The molecule has 0 aliphatic rings. The Labute approximate surface area is 129 Å². The molecule has 0 spiro atoms. The van der Waals surface area contributed by atoms with Crippen LogP contribution in [0.5, 0.6) is 5.75 Å². The van der Waals surface area contributed by atoms with Gasteiger partial charge in [0.2, 0.25) is 0 Å². The Morgan fingerprint density at radius 3 is 2.53 bits per heavy atom. The average Bonchev–Trinajstić information content (AvgIpc) is 2.27. The number of nitrogens with one attached hydrogen (secondary N) is 1. The van der Waals surface area contributed by atoms with Crippen LogP contribution < -0.4 is 10.1 Å². The van der Waals surface area contributed by atoms with Crippen LogP contribution in [0.1, 0.15) is 19.4 Å². The standard InChI is InChI=1S/C13H17Br2NO3/c1-7(2)11(13(17)18)16-6-8-4-9(14)5-10(15)12(8)19-3/h4-5,7,11,16H,6H2,1-3H3,(H,17,18)/t11-/m1/s1. The van der Waals surface area contributed by atoms with E-state index in [0.717, 1.165) is 14.5 Å². The Kier molecular flexibility index (Phi) is 6.29. The summed E-state index contributed by atoms with van der Waals surface area (Å²) < 4.78 is 7.07. The molecule has 0 saturated carbocycles. The van der Waals surface area contributed by atoms with Crippen molar-refractivity contribution in [1.82, 2.24) is 5.32 Å². The molecule has 106 valence electrons. The summed E-state index contributed by atoms with van der Waals surface area (Å²) in [4.78, 5) is 11.1. The highest BCUT2D eigenvalue weighted by Crippen LogP contribution is 2.32. The minimum atomic E-state index is -0.844. The Balaban J connectivity index is 2.90. The molecule has 0 amide bonds.